The van der Waals surface area contributed by atoms with Crippen LogP contribution < -0.4 is 0 Å². The molecule has 0 heterocycles. The molecule has 0 aliphatic heterocycles. The van der Waals surface area contributed by atoms with Gasteiger partial charge in [0, 0.05) is 0 Å². The molecule has 0 spiro atoms. The second-order valence-corrected chi connectivity index (χ2v) is 4.24. The van der Waals surface area contributed by atoms with Crippen LogP contribution in [0, 0.1) is 0 Å². The van der Waals surface area contributed by atoms with Gasteiger partial charge in [0.2, 0.25) is 0 Å². The number of hydrogen-bond acceptors (Lipinski definition) is 0. The maximum atomic E-state index is 13.1. The molecule has 0 atom stereocenters. The number of hydrogen-bond donors (Lipinski definition) is 0. The summed E-state index contributed by atoms with van der Waals surface area (Å²) in [5.41, 5.74) is 8.44. The minimum Gasteiger partial charge on any atom is -0.361 e. The normalized spacial score (nSPS) is 11.2. The van der Waals surface area contributed by atoms with Crippen molar-refractivity contribution in [2.45, 2.75) is 12.1 Å². The average Bonchev–Trinajstić information content (AvgIpc) is 2.45. The Morgan fingerprint density at radius 2 is 1.25 bits per heavy atom. The predicted octanol–water partition coefficient (Wildman–Crippen LogP) is 4.05. The van der Waals surface area contributed by atoms with Gasteiger partial charge in [-0.25, -0.2) is 0 Å². The number of alkyl halides is 3. The first kappa shape index (κ1) is 14.0. The van der Waals surface area contributed by atoms with E-state index in [4.69, 9.17) is 5.53 Å². The Morgan fingerprint density at radius 1 is 0.850 bits per heavy atom. The van der Waals surface area contributed by atoms with Crippen molar-refractivity contribution in [3.63, 3.8) is 0 Å². The summed E-state index contributed by atoms with van der Waals surface area (Å²) in [6, 6.07) is 16.3. The summed E-state index contributed by atoms with van der Waals surface area (Å²) in [5.74, 6) is -1.15. The van der Waals surface area contributed by atoms with Gasteiger partial charge < -0.3 is 5.53 Å². The Bertz CT molecular complexity index is 575. The maximum absolute atomic E-state index is 13.1. The highest BCUT2D eigenvalue weighted by molar-refractivity contribution is 5.93. The van der Waals surface area contributed by atoms with Crippen molar-refractivity contribution in [2.75, 3.05) is 0 Å². The van der Waals surface area contributed by atoms with E-state index in [0.29, 0.717) is 11.1 Å². The molecule has 2 aromatic carbocycles. The van der Waals surface area contributed by atoms with Gasteiger partial charge in [0.05, 0.1) is 0 Å². The van der Waals surface area contributed by atoms with Gasteiger partial charge in [-0.05, 0) is 11.1 Å². The zero-order valence-electron chi connectivity index (χ0n) is 10.4. The van der Waals surface area contributed by atoms with E-state index >= 15 is 0 Å². The second-order valence-electron chi connectivity index (χ2n) is 4.24. The number of nitrogens with zero attached hydrogens (tertiary/aromatic N) is 2. The lowest BCUT2D eigenvalue weighted by molar-refractivity contribution is -0.116. The van der Waals surface area contributed by atoms with Gasteiger partial charge in [-0.1, -0.05) is 60.7 Å². The van der Waals surface area contributed by atoms with Gasteiger partial charge in [0.15, 0.2) is 0 Å². The predicted molar refractivity (Wildman–Crippen MR) is 69.4 cm³/mol. The Morgan fingerprint density at radius 3 is 1.55 bits per heavy atom. The van der Waals surface area contributed by atoms with Crippen LogP contribution in [0.3, 0.4) is 0 Å². The number of benzene rings is 2. The van der Waals surface area contributed by atoms with Crippen molar-refractivity contribution in [1.82, 2.24) is 0 Å². The first-order valence-electron chi connectivity index (χ1n) is 5.93. The van der Waals surface area contributed by atoms with E-state index < -0.39 is 17.8 Å². The summed E-state index contributed by atoms with van der Waals surface area (Å²) in [4.78, 5) is 2.50. The van der Waals surface area contributed by atoms with Crippen molar-refractivity contribution in [2.24, 2.45) is 0 Å². The van der Waals surface area contributed by atoms with E-state index in [0.717, 1.165) is 0 Å². The van der Waals surface area contributed by atoms with Gasteiger partial charge in [-0.15, -0.1) is 0 Å². The van der Waals surface area contributed by atoms with Crippen LogP contribution >= 0.6 is 0 Å². The molecule has 0 fully saturated rings. The molecule has 102 valence electrons. The van der Waals surface area contributed by atoms with Gasteiger partial charge in [-0.2, -0.15) is 18.0 Å². The zero-order chi connectivity index (χ0) is 14.6. The third-order valence-corrected chi connectivity index (χ3v) is 2.94. The standard InChI is InChI=1S/C15H11F3N2/c16-15(17,18)14(20-19)13(11-7-3-1-4-8-11)12-9-5-2-6-10-12/h1-10,13H. The van der Waals surface area contributed by atoms with Crippen molar-refractivity contribution in [3.05, 3.63) is 77.3 Å². The Kier molecular flexibility index (Phi) is 4.01. The van der Waals surface area contributed by atoms with Crippen LogP contribution in [0.25, 0.3) is 5.53 Å². The highest BCUT2D eigenvalue weighted by atomic mass is 19.4. The van der Waals surface area contributed by atoms with Crippen LogP contribution in [0.4, 0.5) is 13.2 Å². The molecule has 0 saturated heterocycles. The van der Waals surface area contributed by atoms with Crippen molar-refractivity contribution in [3.8, 4) is 0 Å². The monoisotopic (exact) mass is 276 g/mol. The summed E-state index contributed by atoms with van der Waals surface area (Å²) >= 11 is 0. The first-order chi connectivity index (χ1) is 9.54. The molecule has 0 radical (unpaired) electrons. The Balaban J connectivity index is 2.60. The van der Waals surface area contributed by atoms with Crippen LogP contribution in [0.2, 0.25) is 0 Å². The minimum atomic E-state index is -4.70. The van der Waals surface area contributed by atoms with Crippen molar-refractivity contribution in [1.29, 1.82) is 0 Å². The maximum Gasteiger partial charge on any atom is 0.491 e. The fourth-order valence-electron chi connectivity index (χ4n) is 2.08. The fraction of sp³-hybridized carbons (Fsp3) is 0.133. The molecule has 0 aliphatic rings. The molecule has 2 aromatic rings. The smallest absolute Gasteiger partial charge is 0.361 e. The molecule has 2 rings (SSSR count). The van der Waals surface area contributed by atoms with Crippen LogP contribution in [0.15, 0.2) is 60.7 Å². The highest BCUT2D eigenvalue weighted by Crippen LogP contribution is 2.32. The van der Waals surface area contributed by atoms with Crippen LogP contribution in [0.1, 0.15) is 17.0 Å². The fourth-order valence-corrected chi connectivity index (χ4v) is 2.08. The van der Waals surface area contributed by atoms with Crippen LogP contribution in [-0.4, -0.2) is 16.7 Å². The second kappa shape index (κ2) is 5.72. The van der Waals surface area contributed by atoms with Gasteiger partial charge >= 0.3 is 11.9 Å². The molecule has 2 nitrogen and oxygen atoms in total. The minimum absolute atomic E-state index is 0.420. The van der Waals surface area contributed by atoms with Gasteiger partial charge in [0.1, 0.15) is 5.92 Å². The van der Waals surface area contributed by atoms with Crippen molar-refractivity contribution >= 4 is 5.71 Å². The quantitative estimate of drug-likeness (QED) is 0.460. The lowest BCUT2D eigenvalue weighted by atomic mass is 9.87. The Labute approximate surface area is 114 Å². The molecule has 0 bridgehead atoms. The molecule has 0 unspecified atom stereocenters. The molecule has 0 aromatic heterocycles. The third kappa shape index (κ3) is 2.95. The van der Waals surface area contributed by atoms with Crippen LogP contribution in [-0.2, 0) is 0 Å². The molecule has 0 saturated carbocycles. The van der Waals surface area contributed by atoms with Crippen LogP contribution in [0.5, 0.6) is 0 Å². The lowest BCUT2D eigenvalue weighted by Gasteiger charge is -2.15. The SMILES string of the molecule is [N-]=[N+]=C(C(c1ccccc1)c1ccccc1)C(F)(F)F. The van der Waals surface area contributed by atoms with E-state index in [2.05, 4.69) is 4.79 Å². The lowest BCUT2D eigenvalue weighted by Crippen LogP contribution is -2.31. The molecule has 0 aliphatic carbocycles. The number of halogens is 3. The Hall–Kier alpha value is -2.39. The van der Waals surface area contributed by atoms with E-state index in [9.17, 15) is 13.2 Å². The molecular weight excluding hydrogens is 265 g/mol. The summed E-state index contributed by atoms with van der Waals surface area (Å²) in [7, 11) is 0. The molecule has 5 heteroatoms. The van der Waals surface area contributed by atoms with Gasteiger partial charge in [-0.3, -0.25) is 0 Å². The van der Waals surface area contributed by atoms with Gasteiger partial charge in [0.25, 0.3) is 0 Å². The number of rotatable bonds is 3. The van der Waals surface area contributed by atoms with E-state index in [-0.39, 0.29) is 0 Å². The summed E-state index contributed by atoms with van der Waals surface area (Å²) in [6.07, 6.45) is -4.70. The van der Waals surface area contributed by atoms with E-state index in [1.807, 2.05) is 0 Å². The van der Waals surface area contributed by atoms with E-state index in [1.54, 1.807) is 60.7 Å². The summed E-state index contributed by atoms with van der Waals surface area (Å²) < 4.78 is 39.2. The molecule has 0 N–H and O–H groups in total. The highest BCUT2D eigenvalue weighted by Gasteiger charge is 2.50. The average molecular weight is 276 g/mol. The van der Waals surface area contributed by atoms with E-state index in [1.165, 1.54) is 0 Å². The molecular formula is C15H11F3N2. The first-order valence-corrected chi connectivity index (χ1v) is 5.93. The topological polar surface area (TPSA) is 36.4 Å². The van der Waals surface area contributed by atoms with Crippen molar-refractivity contribution < 1.29 is 18.0 Å². The summed E-state index contributed by atoms with van der Waals surface area (Å²) in [5, 5.41) is 0. The zero-order valence-corrected chi connectivity index (χ0v) is 10.4. The molecule has 0 amide bonds. The summed E-state index contributed by atoms with van der Waals surface area (Å²) in [6.45, 7) is 0. The molecule has 20 heavy (non-hydrogen) atoms. The third-order valence-electron chi connectivity index (χ3n) is 2.94. The largest absolute Gasteiger partial charge is 0.491 e.